The summed E-state index contributed by atoms with van der Waals surface area (Å²) in [6.45, 7) is 0.537. The van der Waals surface area contributed by atoms with Crippen LogP contribution in [0.15, 0.2) is 40.9 Å². The highest BCUT2D eigenvalue weighted by molar-refractivity contribution is 9.10. The molecule has 0 aliphatic rings. The van der Waals surface area contributed by atoms with Gasteiger partial charge < -0.3 is 10.5 Å². The van der Waals surface area contributed by atoms with Crippen LogP contribution in [-0.2, 0) is 6.42 Å². The molecule has 2 rings (SSSR count). The minimum atomic E-state index is -0.357. The zero-order chi connectivity index (χ0) is 13.8. The number of nitrogens with two attached hydrogens (primary N) is 1. The fourth-order valence-electron chi connectivity index (χ4n) is 1.63. The molecule has 0 fully saturated rings. The van der Waals surface area contributed by atoms with E-state index in [2.05, 4.69) is 15.9 Å². The van der Waals surface area contributed by atoms with Gasteiger partial charge in [-0.25, -0.2) is 4.39 Å². The Hall–Kier alpha value is -1.10. The minimum absolute atomic E-state index is 0.357. The van der Waals surface area contributed by atoms with Crippen molar-refractivity contribution in [3.05, 3.63) is 57.3 Å². The average molecular weight is 345 g/mol. The highest BCUT2D eigenvalue weighted by Gasteiger charge is 2.07. The molecule has 0 aromatic heterocycles. The molecule has 19 heavy (non-hydrogen) atoms. The molecular weight excluding hydrogens is 333 g/mol. The summed E-state index contributed by atoms with van der Waals surface area (Å²) in [5, 5.41) is 0.593. The molecule has 0 spiro atoms. The van der Waals surface area contributed by atoms with E-state index in [4.69, 9.17) is 22.1 Å². The lowest BCUT2D eigenvalue weighted by atomic mass is 10.1. The molecule has 0 aliphatic carbocycles. The predicted octanol–water partition coefficient (Wildman–Crippen LogP) is 4.54. The van der Waals surface area contributed by atoms with E-state index < -0.39 is 0 Å². The molecular formula is C14H12BrClFNO. The lowest BCUT2D eigenvalue weighted by molar-refractivity contribution is 0.473. The number of benzene rings is 2. The molecule has 2 N–H and O–H groups in total. The quantitative estimate of drug-likeness (QED) is 0.884. The average Bonchev–Trinajstić information content (AvgIpc) is 2.37. The summed E-state index contributed by atoms with van der Waals surface area (Å²) in [4.78, 5) is 0. The molecule has 0 saturated heterocycles. The molecule has 0 amide bonds. The van der Waals surface area contributed by atoms with Crippen LogP contribution in [0.3, 0.4) is 0 Å². The van der Waals surface area contributed by atoms with E-state index in [1.54, 1.807) is 18.2 Å². The van der Waals surface area contributed by atoms with Crippen molar-refractivity contribution in [3.8, 4) is 11.5 Å². The topological polar surface area (TPSA) is 35.2 Å². The van der Waals surface area contributed by atoms with Crippen LogP contribution < -0.4 is 10.5 Å². The van der Waals surface area contributed by atoms with Gasteiger partial charge in [0, 0.05) is 11.1 Å². The van der Waals surface area contributed by atoms with Gasteiger partial charge in [-0.2, -0.15) is 0 Å². The van der Waals surface area contributed by atoms with Crippen molar-refractivity contribution in [2.45, 2.75) is 6.42 Å². The summed E-state index contributed by atoms with van der Waals surface area (Å²) < 4.78 is 19.4. The third kappa shape index (κ3) is 3.69. The predicted molar refractivity (Wildman–Crippen MR) is 78.4 cm³/mol. The molecule has 0 atom stereocenters. The standard InChI is InChI=1S/C14H12BrClFNO/c15-12-4-2-10(17)7-14(12)19-11-3-1-9(5-6-18)13(16)8-11/h1-4,7-8H,5-6,18H2. The summed E-state index contributed by atoms with van der Waals surface area (Å²) in [5.74, 6) is 0.601. The van der Waals surface area contributed by atoms with E-state index in [0.717, 1.165) is 5.56 Å². The van der Waals surface area contributed by atoms with E-state index >= 15 is 0 Å². The molecule has 0 bridgehead atoms. The summed E-state index contributed by atoms with van der Waals surface area (Å²) in [6.07, 6.45) is 0.711. The maximum atomic E-state index is 13.2. The maximum Gasteiger partial charge on any atom is 0.144 e. The van der Waals surface area contributed by atoms with E-state index in [-0.39, 0.29) is 5.82 Å². The van der Waals surface area contributed by atoms with Gasteiger partial charge in [-0.1, -0.05) is 17.7 Å². The SMILES string of the molecule is NCCc1ccc(Oc2cc(F)ccc2Br)cc1Cl. The molecule has 0 aliphatic heterocycles. The van der Waals surface area contributed by atoms with Gasteiger partial charge in [0.2, 0.25) is 0 Å². The Bertz CT molecular complexity index is 592. The normalized spacial score (nSPS) is 10.5. The second kappa shape index (κ2) is 6.37. The van der Waals surface area contributed by atoms with Crippen molar-refractivity contribution >= 4 is 27.5 Å². The van der Waals surface area contributed by atoms with E-state index in [0.29, 0.717) is 34.0 Å². The van der Waals surface area contributed by atoms with Gasteiger partial charge in [0.25, 0.3) is 0 Å². The third-order valence-corrected chi connectivity index (χ3v) is 3.57. The smallest absolute Gasteiger partial charge is 0.144 e. The van der Waals surface area contributed by atoms with Crippen LogP contribution in [0.25, 0.3) is 0 Å². The van der Waals surface area contributed by atoms with Gasteiger partial charge in [-0.05, 0) is 58.7 Å². The summed E-state index contributed by atoms with van der Waals surface area (Å²) in [7, 11) is 0. The second-order valence-corrected chi connectivity index (χ2v) is 5.23. The van der Waals surface area contributed by atoms with Crippen LogP contribution in [0.2, 0.25) is 5.02 Å². The fraction of sp³-hybridized carbons (Fsp3) is 0.143. The Labute approximate surface area is 124 Å². The Kier molecular flexibility index (Phi) is 4.80. The number of ether oxygens (including phenoxy) is 1. The minimum Gasteiger partial charge on any atom is -0.456 e. The largest absolute Gasteiger partial charge is 0.456 e. The van der Waals surface area contributed by atoms with Crippen LogP contribution >= 0.6 is 27.5 Å². The Morgan fingerprint density at radius 1 is 1.21 bits per heavy atom. The molecule has 0 saturated carbocycles. The first-order valence-electron chi connectivity index (χ1n) is 5.71. The van der Waals surface area contributed by atoms with Gasteiger partial charge in [0.1, 0.15) is 17.3 Å². The molecule has 100 valence electrons. The summed E-state index contributed by atoms with van der Waals surface area (Å²) in [6, 6.07) is 9.60. The lowest BCUT2D eigenvalue weighted by Gasteiger charge is -2.10. The summed E-state index contributed by atoms with van der Waals surface area (Å²) in [5.41, 5.74) is 6.46. The van der Waals surface area contributed by atoms with E-state index in [9.17, 15) is 4.39 Å². The van der Waals surface area contributed by atoms with Crippen molar-refractivity contribution < 1.29 is 9.13 Å². The van der Waals surface area contributed by atoms with Crippen LogP contribution in [0, 0.1) is 5.82 Å². The zero-order valence-electron chi connectivity index (χ0n) is 10.00. The number of hydrogen-bond acceptors (Lipinski definition) is 2. The molecule has 2 nitrogen and oxygen atoms in total. The fourth-order valence-corrected chi connectivity index (χ4v) is 2.22. The van der Waals surface area contributed by atoms with Crippen LogP contribution in [0.1, 0.15) is 5.56 Å². The van der Waals surface area contributed by atoms with Gasteiger partial charge in [0.05, 0.1) is 4.47 Å². The maximum absolute atomic E-state index is 13.2. The van der Waals surface area contributed by atoms with Gasteiger partial charge >= 0.3 is 0 Å². The molecule has 2 aromatic carbocycles. The van der Waals surface area contributed by atoms with E-state index in [1.165, 1.54) is 12.1 Å². The first kappa shape index (κ1) is 14.3. The number of hydrogen-bond donors (Lipinski definition) is 1. The highest BCUT2D eigenvalue weighted by Crippen LogP contribution is 2.32. The second-order valence-electron chi connectivity index (χ2n) is 3.97. The molecule has 2 aromatic rings. The first-order chi connectivity index (χ1) is 9.10. The van der Waals surface area contributed by atoms with Crippen molar-refractivity contribution in [3.63, 3.8) is 0 Å². The molecule has 0 unspecified atom stereocenters. The highest BCUT2D eigenvalue weighted by atomic mass is 79.9. The van der Waals surface area contributed by atoms with Crippen LogP contribution in [0.5, 0.6) is 11.5 Å². The Morgan fingerprint density at radius 3 is 2.68 bits per heavy atom. The van der Waals surface area contributed by atoms with Gasteiger partial charge in [-0.15, -0.1) is 0 Å². The third-order valence-electron chi connectivity index (χ3n) is 2.56. The number of halogens is 3. The van der Waals surface area contributed by atoms with E-state index in [1.807, 2.05) is 6.07 Å². The zero-order valence-corrected chi connectivity index (χ0v) is 12.3. The van der Waals surface area contributed by atoms with Gasteiger partial charge in [0.15, 0.2) is 0 Å². The van der Waals surface area contributed by atoms with Gasteiger partial charge in [-0.3, -0.25) is 0 Å². The van der Waals surface area contributed by atoms with Crippen molar-refractivity contribution in [1.29, 1.82) is 0 Å². The van der Waals surface area contributed by atoms with Crippen molar-refractivity contribution in [2.75, 3.05) is 6.54 Å². The number of rotatable bonds is 4. The summed E-state index contributed by atoms with van der Waals surface area (Å²) >= 11 is 9.43. The van der Waals surface area contributed by atoms with Crippen LogP contribution in [-0.4, -0.2) is 6.54 Å². The van der Waals surface area contributed by atoms with Crippen LogP contribution in [0.4, 0.5) is 4.39 Å². The van der Waals surface area contributed by atoms with Crippen molar-refractivity contribution in [1.82, 2.24) is 0 Å². The Balaban J connectivity index is 2.24. The first-order valence-corrected chi connectivity index (χ1v) is 6.88. The molecule has 0 heterocycles. The Morgan fingerprint density at radius 2 is 2.00 bits per heavy atom. The molecule has 0 radical (unpaired) electrons. The monoisotopic (exact) mass is 343 g/mol. The molecule has 5 heteroatoms. The lowest BCUT2D eigenvalue weighted by Crippen LogP contribution is -2.03. The van der Waals surface area contributed by atoms with Crippen molar-refractivity contribution in [2.24, 2.45) is 5.73 Å².